The summed E-state index contributed by atoms with van der Waals surface area (Å²) in [5, 5.41) is 0.533. The predicted octanol–water partition coefficient (Wildman–Crippen LogP) is 4.53. The van der Waals surface area contributed by atoms with Gasteiger partial charge in [0.2, 0.25) is 0 Å². The summed E-state index contributed by atoms with van der Waals surface area (Å²) in [4.78, 5) is 9.09. The average Bonchev–Trinajstić information content (AvgIpc) is 2.44. The van der Waals surface area contributed by atoms with Crippen molar-refractivity contribution in [1.29, 1.82) is 0 Å². The number of hydrogen-bond donors (Lipinski definition) is 0. The van der Waals surface area contributed by atoms with Crippen molar-refractivity contribution in [2.24, 2.45) is 5.92 Å². The van der Waals surface area contributed by atoms with Crippen LogP contribution in [-0.2, 0) is 12.8 Å². The van der Waals surface area contributed by atoms with Gasteiger partial charge < -0.3 is 4.74 Å². The Labute approximate surface area is 144 Å². The summed E-state index contributed by atoms with van der Waals surface area (Å²) in [5.74, 6) is 2.12. The predicted molar refractivity (Wildman–Crippen MR) is 94.1 cm³/mol. The summed E-state index contributed by atoms with van der Waals surface area (Å²) in [5.41, 5.74) is 2.09. The third-order valence-corrected chi connectivity index (χ3v) is 4.79. The highest BCUT2D eigenvalue weighted by molar-refractivity contribution is 14.1. The Morgan fingerprint density at radius 2 is 1.95 bits per heavy atom. The third kappa shape index (κ3) is 4.30. The molecule has 0 saturated carbocycles. The van der Waals surface area contributed by atoms with Gasteiger partial charge in [0.25, 0.3) is 0 Å². The fraction of sp³-hybridized carbons (Fsp3) is 0.375. The maximum atomic E-state index is 6.25. The molecule has 0 aliphatic rings. The number of para-hydroxylation sites is 1. The van der Waals surface area contributed by atoms with E-state index >= 15 is 0 Å². The summed E-state index contributed by atoms with van der Waals surface area (Å²) >= 11 is 8.47. The van der Waals surface area contributed by atoms with Crippen molar-refractivity contribution in [3.05, 3.63) is 50.1 Å². The molecular weight excluding hydrogens is 399 g/mol. The molecule has 1 aromatic carbocycles. The highest BCUT2D eigenvalue weighted by atomic mass is 127. The standard InChI is InChI=1S/C16H18ClIN2O/c1-10(2)8-12-15(18)16(17)20-14(19-12)9-11-6-4-5-7-13(11)21-3/h4-7,10H,8-9H2,1-3H3. The van der Waals surface area contributed by atoms with Crippen molar-refractivity contribution in [3.8, 4) is 5.75 Å². The maximum absolute atomic E-state index is 6.25. The van der Waals surface area contributed by atoms with Crippen LogP contribution in [0.1, 0.15) is 30.9 Å². The van der Waals surface area contributed by atoms with Gasteiger partial charge in [-0.1, -0.05) is 43.6 Å². The number of ether oxygens (including phenoxy) is 1. The van der Waals surface area contributed by atoms with Crippen molar-refractivity contribution in [2.45, 2.75) is 26.7 Å². The van der Waals surface area contributed by atoms with E-state index in [0.717, 1.165) is 32.8 Å². The molecule has 0 unspecified atom stereocenters. The molecule has 0 bridgehead atoms. The van der Waals surface area contributed by atoms with Gasteiger partial charge in [-0.2, -0.15) is 0 Å². The zero-order valence-corrected chi connectivity index (χ0v) is 15.3. The number of halogens is 2. The molecule has 0 amide bonds. The van der Waals surface area contributed by atoms with Crippen LogP contribution in [0, 0.1) is 9.49 Å². The van der Waals surface area contributed by atoms with Crippen LogP contribution in [-0.4, -0.2) is 17.1 Å². The normalized spacial score (nSPS) is 11.0. The van der Waals surface area contributed by atoms with Crippen LogP contribution < -0.4 is 4.74 Å². The molecule has 5 heteroatoms. The van der Waals surface area contributed by atoms with Gasteiger partial charge in [-0.05, 0) is 41.0 Å². The van der Waals surface area contributed by atoms with Crippen LogP contribution in [0.3, 0.4) is 0 Å². The second-order valence-electron chi connectivity index (χ2n) is 5.28. The SMILES string of the molecule is COc1ccccc1Cc1nc(Cl)c(I)c(CC(C)C)n1. The molecule has 21 heavy (non-hydrogen) atoms. The first-order chi connectivity index (χ1) is 10.0. The minimum atomic E-state index is 0.531. The molecule has 0 spiro atoms. The lowest BCUT2D eigenvalue weighted by atomic mass is 10.1. The monoisotopic (exact) mass is 416 g/mol. The number of methoxy groups -OCH3 is 1. The average molecular weight is 417 g/mol. The van der Waals surface area contributed by atoms with Crippen LogP contribution in [0.25, 0.3) is 0 Å². The van der Waals surface area contributed by atoms with Crippen LogP contribution in [0.2, 0.25) is 5.15 Å². The number of aromatic nitrogens is 2. The Kier molecular flexibility index (Phi) is 5.81. The molecule has 0 radical (unpaired) electrons. The summed E-state index contributed by atoms with van der Waals surface area (Å²) in [6, 6.07) is 7.91. The molecule has 0 aliphatic carbocycles. The summed E-state index contributed by atoms with van der Waals surface area (Å²) in [7, 11) is 1.67. The van der Waals surface area contributed by atoms with Crippen molar-refractivity contribution < 1.29 is 4.74 Å². The Morgan fingerprint density at radius 3 is 2.62 bits per heavy atom. The van der Waals surface area contributed by atoms with E-state index in [0.29, 0.717) is 17.5 Å². The van der Waals surface area contributed by atoms with E-state index in [1.54, 1.807) is 7.11 Å². The molecule has 1 aromatic heterocycles. The Bertz CT molecular complexity index is 632. The molecule has 0 aliphatic heterocycles. The van der Waals surface area contributed by atoms with Gasteiger partial charge in [0.15, 0.2) is 0 Å². The fourth-order valence-corrected chi connectivity index (χ4v) is 2.80. The van der Waals surface area contributed by atoms with E-state index in [1.807, 2.05) is 24.3 Å². The maximum Gasteiger partial charge on any atom is 0.146 e. The van der Waals surface area contributed by atoms with E-state index in [1.165, 1.54) is 0 Å². The first-order valence-corrected chi connectivity index (χ1v) is 8.29. The second-order valence-corrected chi connectivity index (χ2v) is 6.71. The van der Waals surface area contributed by atoms with Gasteiger partial charge in [0, 0.05) is 12.0 Å². The highest BCUT2D eigenvalue weighted by Crippen LogP contribution is 2.24. The lowest BCUT2D eigenvalue weighted by molar-refractivity contribution is 0.410. The van der Waals surface area contributed by atoms with Crippen LogP contribution >= 0.6 is 34.2 Å². The quantitative estimate of drug-likeness (QED) is 0.530. The molecule has 2 aromatic rings. The van der Waals surface area contributed by atoms with E-state index in [2.05, 4.69) is 46.4 Å². The lowest BCUT2D eigenvalue weighted by Gasteiger charge is -2.11. The first-order valence-electron chi connectivity index (χ1n) is 6.84. The number of hydrogen-bond acceptors (Lipinski definition) is 3. The summed E-state index contributed by atoms with van der Waals surface area (Å²) in [6.07, 6.45) is 1.52. The number of nitrogens with zero attached hydrogens (tertiary/aromatic N) is 2. The molecule has 3 nitrogen and oxygen atoms in total. The molecule has 1 heterocycles. The Morgan fingerprint density at radius 1 is 1.24 bits per heavy atom. The van der Waals surface area contributed by atoms with Crippen molar-refractivity contribution in [2.75, 3.05) is 7.11 Å². The largest absolute Gasteiger partial charge is 0.496 e. The third-order valence-electron chi connectivity index (χ3n) is 3.07. The van der Waals surface area contributed by atoms with Crippen molar-refractivity contribution >= 4 is 34.2 Å². The molecular formula is C16H18ClIN2O. The molecule has 0 N–H and O–H groups in total. The first kappa shape index (κ1) is 16.5. The Balaban J connectivity index is 2.34. The minimum Gasteiger partial charge on any atom is -0.496 e. The van der Waals surface area contributed by atoms with Gasteiger partial charge >= 0.3 is 0 Å². The van der Waals surface area contributed by atoms with E-state index < -0.39 is 0 Å². The second kappa shape index (κ2) is 7.40. The highest BCUT2D eigenvalue weighted by Gasteiger charge is 2.13. The van der Waals surface area contributed by atoms with Crippen molar-refractivity contribution in [3.63, 3.8) is 0 Å². The topological polar surface area (TPSA) is 35.0 Å². The van der Waals surface area contributed by atoms with E-state index in [-0.39, 0.29) is 0 Å². The molecule has 0 saturated heterocycles. The van der Waals surface area contributed by atoms with Gasteiger partial charge in [0.1, 0.15) is 16.7 Å². The van der Waals surface area contributed by atoms with Gasteiger partial charge in [-0.3, -0.25) is 0 Å². The molecule has 0 atom stereocenters. The zero-order valence-electron chi connectivity index (χ0n) is 12.4. The minimum absolute atomic E-state index is 0.531. The summed E-state index contributed by atoms with van der Waals surface area (Å²) < 4.78 is 6.33. The molecule has 2 rings (SSSR count). The van der Waals surface area contributed by atoms with Crippen LogP contribution in [0.15, 0.2) is 24.3 Å². The molecule has 112 valence electrons. The number of benzene rings is 1. The van der Waals surface area contributed by atoms with Crippen LogP contribution in [0.5, 0.6) is 5.75 Å². The van der Waals surface area contributed by atoms with Gasteiger partial charge in [-0.25, -0.2) is 9.97 Å². The summed E-state index contributed by atoms with van der Waals surface area (Å²) in [6.45, 7) is 4.35. The molecule has 0 fully saturated rings. The lowest BCUT2D eigenvalue weighted by Crippen LogP contribution is -2.07. The Hall–Kier alpha value is -0.880. The van der Waals surface area contributed by atoms with Crippen LogP contribution in [0.4, 0.5) is 0 Å². The van der Waals surface area contributed by atoms with Gasteiger partial charge in [-0.15, -0.1) is 0 Å². The van der Waals surface area contributed by atoms with Crippen molar-refractivity contribution in [1.82, 2.24) is 9.97 Å². The van der Waals surface area contributed by atoms with Gasteiger partial charge in [0.05, 0.1) is 16.4 Å². The smallest absolute Gasteiger partial charge is 0.146 e. The van der Waals surface area contributed by atoms with E-state index in [4.69, 9.17) is 16.3 Å². The fourth-order valence-electron chi connectivity index (χ4n) is 2.13. The van der Waals surface area contributed by atoms with E-state index in [9.17, 15) is 0 Å². The zero-order chi connectivity index (χ0) is 15.4. The number of rotatable bonds is 5.